The molecule has 0 heterocycles. The second-order valence-electron chi connectivity index (χ2n) is 10.6. The lowest BCUT2D eigenvalue weighted by Crippen LogP contribution is -2.52. The fraction of sp³-hybridized carbons (Fsp3) is 0.278. The van der Waals surface area contributed by atoms with E-state index in [-0.39, 0.29) is 30.2 Å². The summed E-state index contributed by atoms with van der Waals surface area (Å²) in [6.07, 6.45) is 1.53. The maximum Gasteiger partial charge on any atom is 0.243 e. The molecule has 0 aliphatic carbocycles. The van der Waals surface area contributed by atoms with Gasteiger partial charge in [0, 0.05) is 31.3 Å². The molecule has 4 rings (SSSR count). The number of aryl methyl sites for hydroxylation is 1. The Labute approximate surface area is 239 Å². The number of nitrogens with zero attached hydrogens (tertiary/aromatic N) is 1. The second kappa shape index (κ2) is 14.3. The Kier molecular flexibility index (Phi) is 10.3. The summed E-state index contributed by atoms with van der Waals surface area (Å²) in [6, 6.07) is 37.9. The summed E-state index contributed by atoms with van der Waals surface area (Å²) in [7, 11) is 0. The van der Waals surface area contributed by atoms with Gasteiger partial charge in [-0.2, -0.15) is 0 Å². The third kappa shape index (κ3) is 7.92. The SMILES string of the molecule is CC[C@H](C)NC(=O)[C@@H](Cc1ccccc1)N(Cc1ccc(C)cc1)C(=O)CC(c1ccccc1)c1ccccc1. The summed E-state index contributed by atoms with van der Waals surface area (Å²) in [4.78, 5) is 30.0. The van der Waals surface area contributed by atoms with Gasteiger partial charge < -0.3 is 10.2 Å². The zero-order chi connectivity index (χ0) is 28.3. The first kappa shape index (κ1) is 28.8. The van der Waals surface area contributed by atoms with Gasteiger partial charge in [0.05, 0.1) is 0 Å². The molecule has 0 bridgehead atoms. The van der Waals surface area contributed by atoms with E-state index in [0.29, 0.717) is 13.0 Å². The molecule has 0 saturated carbocycles. The molecule has 0 aliphatic rings. The summed E-state index contributed by atoms with van der Waals surface area (Å²) in [5.74, 6) is -0.279. The molecule has 1 N–H and O–H groups in total. The van der Waals surface area contributed by atoms with Crippen molar-refractivity contribution in [3.8, 4) is 0 Å². The molecule has 0 radical (unpaired) electrons. The van der Waals surface area contributed by atoms with Crippen LogP contribution >= 0.6 is 0 Å². The third-order valence-corrected chi connectivity index (χ3v) is 7.53. The van der Waals surface area contributed by atoms with E-state index < -0.39 is 6.04 Å². The first-order chi connectivity index (χ1) is 19.4. The number of hydrogen-bond donors (Lipinski definition) is 1. The van der Waals surface area contributed by atoms with Crippen LogP contribution in [0.3, 0.4) is 0 Å². The molecular weight excluding hydrogens is 492 g/mol. The van der Waals surface area contributed by atoms with Gasteiger partial charge in [-0.25, -0.2) is 0 Å². The fourth-order valence-electron chi connectivity index (χ4n) is 4.98. The van der Waals surface area contributed by atoms with Crippen LogP contribution in [-0.2, 0) is 22.6 Å². The first-order valence-electron chi connectivity index (χ1n) is 14.2. The number of hydrogen-bond acceptors (Lipinski definition) is 2. The Balaban J connectivity index is 1.73. The van der Waals surface area contributed by atoms with Crippen LogP contribution in [0, 0.1) is 6.92 Å². The highest BCUT2D eigenvalue weighted by Gasteiger charge is 2.32. The molecule has 2 amide bonds. The minimum Gasteiger partial charge on any atom is -0.352 e. The van der Waals surface area contributed by atoms with Gasteiger partial charge in [0.1, 0.15) is 6.04 Å². The van der Waals surface area contributed by atoms with Gasteiger partial charge in [-0.15, -0.1) is 0 Å². The summed E-state index contributed by atoms with van der Waals surface area (Å²) in [5, 5.41) is 3.16. The summed E-state index contributed by atoms with van der Waals surface area (Å²) < 4.78 is 0. The minimum absolute atomic E-state index is 0.0171. The van der Waals surface area contributed by atoms with E-state index in [2.05, 4.69) is 55.6 Å². The van der Waals surface area contributed by atoms with Crippen molar-refractivity contribution in [2.75, 3.05) is 0 Å². The van der Waals surface area contributed by atoms with Crippen molar-refractivity contribution in [2.24, 2.45) is 0 Å². The summed E-state index contributed by atoms with van der Waals surface area (Å²) >= 11 is 0. The highest BCUT2D eigenvalue weighted by molar-refractivity contribution is 5.88. The molecule has 4 heteroatoms. The van der Waals surface area contributed by atoms with E-state index in [0.717, 1.165) is 34.2 Å². The minimum atomic E-state index is -0.641. The van der Waals surface area contributed by atoms with E-state index >= 15 is 0 Å². The van der Waals surface area contributed by atoms with Crippen LogP contribution in [0.25, 0.3) is 0 Å². The van der Waals surface area contributed by atoms with E-state index in [1.165, 1.54) is 0 Å². The van der Waals surface area contributed by atoms with Crippen LogP contribution in [-0.4, -0.2) is 28.8 Å². The predicted molar refractivity (Wildman–Crippen MR) is 163 cm³/mol. The van der Waals surface area contributed by atoms with Crippen molar-refractivity contribution < 1.29 is 9.59 Å². The second-order valence-corrected chi connectivity index (χ2v) is 10.6. The van der Waals surface area contributed by atoms with Crippen LogP contribution < -0.4 is 5.32 Å². The van der Waals surface area contributed by atoms with Gasteiger partial charge in [-0.1, -0.05) is 128 Å². The molecule has 0 saturated heterocycles. The average molecular weight is 533 g/mol. The van der Waals surface area contributed by atoms with Crippen LogP contribution in [0.15, 0.2) is 115 Å². The van der Waals surface area contributed by atoms with Crippen molar-refractivity contribution in [3.63, 3.8) is 0 Å². The van der Waals surface area contributed by atoms with Crippen LogP contribution in [0.4, 0.5) is 0 Å². The molecule has 40 heavy (non-hydrogen) atoms. The summed E-state index contributed by atoms with van der Waals surface area (Å²) in [5.41, 5.74) is 5.35. The third-order valence-electron chi connectivity index (χ3n) is 7.53. The van der Waals surface area contributed by atoms with Gasteiger partial charge >= 0.3 is 0 Å². The number of amides is 2. The molecule has 0 aromatic heterocycles. The normalized spacial score (nSPS) is 12.5. The lowest BCUT2D eigenvalue weighted by Gasteiger charge is -2.33. The Bertz CT molecular complexity index is 1300. The van der Waals surface area contributed by atoms with Crippen LogP contribution in [0.2, 0.25) is 0 Å². The van der Waals surface area contributed by atoms with Crippen molar-refractivity contribution in [3.05, 3.63) is 143 Å². The molecule has 2 atom stereocenters. The Hall–Kier alpha value is -4.18. The Morgan fingerprint density at radius 1 is 0.725 bits per heavy atom. The van der Waals surface area contributed by atoms with Crippen LogP contribution in [0.5, 0.6) is 0 Å². The highest BCUT2D eigenvalue weighted by Crippen LogP contribution is 2.30. The maximum atomic E-state index is 14.4. The van der Waals surface area contributed by atoms with Crippen molar-refractivity contribution >= 4 is 11.8 Å². The monoisotopic (exact) mass is 532 g/mol. The maximum absolute atomic E-state index is 14.4. The van der Waals surface area contributed by atoms with Gasteiger partial charge in [0.25, 0.3) is 0 Å². The predicted octanol–water partition coefficient (Wildman–Crippen LogP) is 7.07. The van der Waals surface area contributed by atoms with Gasteiger partial charge in [0.2, 0.25) is 11.8 Å². The lowest BCUT2D eigenvalue weighted by atomic mass is 9.87. The van der Waals surface area contributed by atoms with E-state index in [1.54, 1.807) is 4.90 Å². The number of rotatable bonds is 12. The van der Waals surface area contributed by atoms with E-state index in [1.807, 2.05) is 85.8 Å². The molecule has 206 valence electrons. The average Bonchev–Trinajstić information content (AvgIpc) is 2.99. The highest BCUT2D eigenvalue weighted by atomic mass is 16.2. The zero-order valence-electron chi connectivity index (χ0n) is 23.8. The lowest BCUT2D eigenvalue weighted by molar-refractivity contribution is -0.141. The van der Waals surface area contributed by atoms with E-state index in [9.17, 15) is 9.59 Å². The molecule has 0 aliphatic heterocycles. The van der Waals surface area contributed by atoms with Gasteiger partial charge in [-0.3, -0.25) is 9.59 Å². The topological polar surface area (TPSA) is 49.4 Å². The molecule has 0 unspecified atom stereocenters. The largest absolute Gasteiger partial charge is 0.352 e. The summed E-state index contributed by atoms with van der Waals surface area (Å²) in [6.45, 7) is 6.47. The number of benzene rings is 4. The van der Waals surface area contributed by atoms with Crippen molar-refractivity contribution in [2.45, 2.75) is 64.6 Å². The molecule has 4 aromatic rings. The standard InChI is InChI=1S/C36H40N2O2/c1-4-28(3)37-36(40)34(24-29-14-8-5-9-15-29)38(26-30-22-20-27(2)21-23-30)35(39)25-33(31-16-10-6-11-17-31)32-18-12-7-13-19-32/h5-23,28,33-34H,4,24-26H2,1-3H3,(H,37,40)/t28-,34+/m0/s1. The fourth-order valence-corrected chi connectivity index (χ4v) is 4.98. The Morgan fingerprint density at radius 3 is 1.77 bits per heavy atom. The molecule has 0 fully saturated rings. The number of nitrogens with one attached hydrogen (secondary N) is 1. The van der Waals surface area contributed by atoms with Gasteiger partial charge in [0.15, 0.2) is 0 Å². The van der Waals surface area contributed by atoms with Crippen molar-refractivity contribution in [1.82, 2.24) is 10.2 Å². The number of carbonyl (C=O) groups is 2. The van der Waals surface area contributed by atoms with E-state index in [4.69, 9.17) is 0 Å². The molecule has 4 aromatic carbocycles. The van der Waals surface area contributed by atoms with Crippen LogP contribution in [0.1, 0.15) is 60.4 Å². The number of carbonyl (C=O) groups excluding carboxylic acids is 2. The quantitative estimate of drug-likeness (QED) is 0.212. The molecule has 0 spiro atoms. The zero-order valence-corrected chi connectivity index (χ0v) is 23.8. The van der Waals surface area contributed by atoms with Gasteiger partial charge in [-0.05, 0) is 42.5 Å². The Morgan fingerprint density at radius 2 is 1.25 bits per heavy atom. The molecule has 4 nitrogen and oxygen atoms in total. The first-order valence-corrected chi connectivity index (χ1v) is 14.2. The smallest absolute Gasteiger partial charge is 0.243 e. The molecular formula is C36H40N2O2. The van der Waals surface area contributed by atoms with Crippen molar-refractivity contribution in [1.29, 1.82) is 0 Å².